The van der Waals surface area contributed by atoms with E-state index in [1.165, 1.54) is 17.8 Å². The number of anilines is 1. The molecule has 0 aliphatic rings. The molecule has 19 heavy (non-hydrogen) atoms. The second-order valence-corrected chi connectivity index (χ2v) is 5.40. The number of thioether (sulfide) groups is 1. The Bertz CT molecular complexity index is 575. The van der Waals surface area contributed by atoms with E-state index in [2.05, 4.69) is 0 Å². The van der Waals surface area contributed by atoms with Crippen molar-refractivity contribution in [2.24, 2.45) is 0 Å². The van der Waals surface area contributed by atoms with Gasteiger partial charge in [0.1, 0.15) is 0 Å². The highest BCUT2D eigenvalue weighted by Crippen LogP contribution is 2.34. The highest BCUT2D eigenvalue weighted by molar-refractivity contribution is 7.98. The van der Waals surface area contributed by atoms with Crippen LogP contribution in [0.4, 0.5) is 14.5 Å². The minimum Gasteiger partial charge on any atom is -0.399 e. The van der Waals surface area contributed by atoms with Crippen molar-refractivity contribution in [1.82, 2.24) is 0 Å². The van der Waals surface area contributed by atoms with Crippen molar-refractivity contribution < 1.29 is 8.78 Å². The van der Waals surface area contributed by atoms with Gasteiger partial charge in [-0.2, -0.15) is 0 Å². The number of halogens is 3. The molecule has 2 aromatic carbocycles. The van der Waals surface area contributed by atoms with Gasteiger partial charge in [0.25, 0.3) is 6.43 Å². The second-order valence-electron chi connectivity index (χ2n) is 3.98. The van der Waals surface area contributed by atoms with Gasteiger partial charge >= 0.3 is 0 Å². The molecule has 5 heteroatoms. The zero-order valence-corrected chi connectivity index (χ0v) is 11.5. The monoisotopic (exact) mass is 299 g/mol. The molecule has 0 radical (unpaired) electrons. The zero-order valence-electron chi connectivity index (χ0n) is 9.95. The van der Waals surface area contributed by atoms with Gasteiger partial charge in [0.05, 0.1) is 0 Å². The summed E-state index contributed by atoms with van der Waals surface area (Å²) in [5, 5.41) is 0.643. The van der Waals surface area contributed by atoms with Crippen molar-refractivity contribution in [3.63, 3.8) is 0 Å². The van der Waals surface area contributed by atoms with Gasteiger partial charge in [-0.15, -0.1) is 11.8 Å². The summed E-state index contributed by atoms with van der Waals surface area (Å²) in [6, 6.07) is 11.9. The first-order chi connectivity index (χ1) is 9.08. The van der Waals surface area contributed by atoms with E-state index in [0.29, 0.717) is 21.4 Å². The predicted octanol–water partition coefficient (Wildman–Crippen LogP) is 5.15. The molecule has 100 valence electrons. The number of rotatable bonds is 4. The lowest BCUT2D eigenvalue weighted by Crippen LogP contribution is -1.93. The average molecular weight is 300 g/mol. The summed E-state index contributed by atoms with van der Waals surface area (Å²) in [5.41, 5.74) is 6.77. The van der Waals surface area contributed by atoms with E-state index >= 15 is 0 Å². The molecule has 0 aromatic heterocycles. The fourth-order valence-electron chi connectivity index (χ4n) is 1.64. The summed E-state index contributed by atoms with van der Waals surface area (Å²) in [4.78, 5) is 0.532. The van der Waals surface area contributed by atoms with Crippen LogP contribution in [0.25, 0.3) is 0 Å². The summed E-state index contributed by atoms with van der Waals surface area (Å²) in [6.07, 6.45) is -2.53. The Kier molecular flexibility index (Phi) is 4.66. The van der Waals surface area contributed by atoms with Gasteiger partial charge in [0.15, 0.2) is 0 Å². The molecule has 2 N–H and O–H groups in total. The molecule has 0 fully saturated rings. The van der Waals surface area contributed by atoms with Crippen molar-refractivity contribution in [2.45, 2.75) is 17.1 Å². The normalized spacial score (nSPS) is 10.9. The number of alkyl halides is 2. The highest BCUT2D eigenvalue weighted by atomic mass is 35.5. The fourth-order valence-corrected chi connectivity index (χ4v) is 2.96. The van der Waals surface area contributed by atoms with Crippen LogP contribution in [-0.2, 0) is 5.75 Å². The molecule has 0 aliphatic carbocycles. The van der Waals surface area contributed by atoms with E-state index in [4.69, 9.17) is 17.3 Å². The number of benzene rings is 2. The Balaban J connectivity index is 2.18. The number of nitrogens with two attached hydrogens (primary N) is 1. The predicted molar refractivity (Wildman–Crippen MR) is 76.8 cm³/mol. The van der Waals surface area contributed by atoms with Crippen LogP contribution in [0.2, 0.25) is 5.02 Å². The van der Waals surface area contributed by atoms with Crippen molar-refractivity contribution in [2.75, 3.05) is 5.73 Å². The third kappa shape index (κ3) is 3.61. The molecule has 0 saturated carbocycles. The second kappa shape index (κ2) is 6.26. The van der Waals surface area contributed by atoms with Crippen LogP contribution in [0.1, 0.15) is 17.6 Å². The minimum absolute atomic E-state index is 0.0305. The summed E-state index contributed by atoms with van der Waals surface area (Å²) in [6.45, 7) is 0. The van der Waals surface area contributed by atoms with E-state index in [9.17, 15) is 8.78 Å². The maximum absolute atomic E-state index is 12.9. The SMILES string of the molecule is Nc1ccc(SCc2ccccc2Cl)c(C(F)F)c1. The smallest absolute Gasteiger partial charge is 0.265 e. The average Bonchev–Trinajstić information content (AvgIpc) is 2.38. The summed E-state index contributed by atoms with van der Waals surface area (Å²) >= 11 is 7.37. The van der Waals surface area contributed by atoms with Gasteiger partial charge in [0.2, 0.25) is 0 Å². The van der Waals surface area contributed by atoms with Crippen LogP contribution in [0.5, 0.6) is 0 Å². The van der Waals surface area contributed by atoms with Gasteiger partial charge in [0, 0.05) is 26.9 Å². The minimum atomic E-state index is -2.53. The quantitative estimate of drug-likeness (QED) is 0.624. The van der Waals surface area contributed by atoms with E-state index in [1.54, 1.807) is 18.2 Å². The third-order valence-corrected chi connectivity index (χ3v) is 4.12. The first-order valence-corrected chi connectivity index (χ1v) is 6.98. The molecule has 0 spiro atoms. The topological polar surface area (TPSA) is 26.0 Å². The number of nitrogen functional groups attached to an aromatic ring is 1. The van der Waals surface area contributed by atoms with Crippen LogP contribution < -0.4 is 5.73 Å². The lowest BCUT2D eigenvalue weighted by Gasteiger charge is -2.10. The largest absolute Gasteiger partial charge is 0.399 e. The van der Waals surface area contributed by atoms with Gasteiger partial charge in [-0.3, -0.25) is 0 Å². The Morgan fingerprint density at radius 2 is 1.89 bits per heavy atom. The van der Waals surface area contributed by atoms with Crippen LogP contribution in [-0.4, -0.2) is 0 Å². The maximum atomic E-state index is 12.9. The summed E-state index contributed by atoms with van der Waals surface area (Å²) in [5.74, 6) is 0.545. The Hall–Kier alpha value is -1.26. The van der Waals surface area contributed by atoms with E-state index in [-0.39, 0.29) is 5.56 Å². The Morgan fingerprint density at radius 3 is 2.58 bits per heavy atom. The lowest BCUT2D eigenvalue weighted by molar-refractivity contribution is 0.148. The van der Waals surface area contributed by atoms with Crippen LogP contribution in [0.3, 0.4) is 0 Å². The molecular weight excluding hydrogens is 288 g/mol. The summed E-state index contributed by atoms with van der Waals surface area (Å²) in [7, 11) is 0. The van der Waals surface area contributed by atoms with Gasteiger partial charge in [-0.1, -0.05) is 29.8 Å². The van der Waals surface area contributed by atoms with Crippen LogP contribution in [0, 0.1) is 0 Å². The molecule has 1 nitrogen and oxygen atoms in total. The molecule has 0 amide bonds. The molecule has 0 saturated heterocycles. The molecule has 0 heterocycles. The highest BCUT2D eigenvalue weighted by Gasteiger charge is 2.14. The van der Waals surface area contributed by atoms with Gasteiger partial charge in [-0.25, -0.2) is 8.78 Å². The standard InChI is InChI=1S/C14H12ClF2NS/c15-12-4-2-1-3-9(12)8-19-13-6-5-10(18)7-11(13)14(16)17/h1-7,14H,8,18H2. The Morgan fingerprint density at radius 1 is 1.16 bits per heavy atom. The third-order valence-electron chi connectivity index (χ3n) is 2.61. The lowest BCUT2D eigenvalue weighted by atomic mass is 10.2. The molecule has 2 rings (SSSR count). The molecule has 0 bridgehead atoms. The number of hydrogen-bond acceptors (Lipinski definition) is 2. The van der Waals surface area contributed by atoms with Crippen molar-refractivity contribution in [3.05, 3.63) is 58.6 Å². The van der Waals surface area contributed by atoms with E-state index in [0.717, 1.165) is 5.56 Å². The first kappa shape index (κ1) is 14.2. The van der Waals surface area contributed by atoms with Gasteiger partial charge < -0.3 is 5.73 Å². The van der Waals surface area contributed by atoms with E-state index < -0.39 is 6.43 Å². The summed E-state index contributed by atoms with van der Waals surface area (Å²) < 4.78 is 25.8. The van der Waals surface area contributed by atoms with Crippen molar-refractivity contribution in [1.29, 1.82) is 0 Å². The van der Waals surface area contributed by atoms with Gasteiger partial charge in [-0.05, 0) is 29.8 Å². The molecule has 0 aliphatic heterocycles. The number of hydrogen-bond donors (Lipinski definition) is 1. The first-order valence-electron chi connectivity index (χ1n) is 5.61. The zero-order chi connectivity index (χ0) is 13.8. The maximum Gasteiger partial charge on any atom is 0.265 e. The Labute approximate surface area is 119 Å². The molecule has 0 unspecified atom stereocenters. The van der Waals surface area contributed by atoms with Crippen molar-refractivity contribution >= 4 is 29.1 Å². The fraction of sp³-hybridized carbons (Fsp3) is 0.143. The van der Waals surface area contributed by atoms with E-state index in [1.807, 2.05) is 18.2 Å². The molecular formula is C14H12ClF2NS. The molecule has 2 aromatic rings. The van der Waals surface area contributed by atoms with Crippen LogP contribution >= 0.6 is 23.4 Å². The van der Waals surface area contributed by atoms with Crippen LogP contribution in [0.15, 0.2) is 47.4 Å². The van der Waals surface area contributed by atoms with Crippen molar-refractivity contribution in [3.8, 4) is 0 Å². The molecule has 0 atom stereocenters.